The minimum atomic E-state index is 0.602. The molecule has 3 aromatic heterocycles. The molecule has 5 heteroatoms. The first-order valence-electron chi connectivity index (χ1n) is 16.2. The molecule has 0 unspecified atom stereocenters. The molecular formula is C44H28N4O. The Kier molecular flexibility index (Phi) is 7.06. The second kappa shape index (κ2) is 12.1. The Morgan fingerprint density at radius 3 is 1.57 bits per heavy atom. The van der Waals surface area contributed by atoms with Crippen molar-refractivity contribution >= 4 is 21.7 Å². The van der Waals surface area contributed by atoms with E-state index >= 15 is 0 Å². The fourth-order valence-electron chi connectivity index (χ4n) is 6.29. The summed E-state index contributed by atoms with van der Waals surface area (Å²) in [6.45, 7) is 0. The van der Waals surface area contributed by atoms with E-state index in [4.69, 9.17) is 19.4 Å². The van der Waals surface area contributed by atoms with Crippen LogP contribution in [0, 0.1) is 0 Å². The Bertz CT molecular complexity index is 2540. The number of furan rings is 1. The zero-order valence-electron chi connectivity index (χ0n) is 26.4. The molecule has 0 atom stereocenters. The van der Waals surface area contributed by atoms with Crippen molar-refractivity contribution in [2.45, 2.75) is 0 Å². The molecular weight excluding hydrogens is 601 g/mol. The van der Waals surface area contributed by atoms with Crippen LogP contribution in [-0.4, -0.2) is 19.9 Å². The fourth-order valence-corrected chi connectivity index (χ4v) is 6.29. The maximum absolute atomic E-state index is 6.12. The SMILES string of the molecule is c1cncc(-c2ccc(-c3nc(-c4ccc(-c5cc6ccccc6o5)cc4)nc(-c4ccc(-c5cccc6ccccc56)cc4)n3)cc2)c1. The topological polar surface area (TPSA) is 64.7 Å². The molecule has 6 aromatic carbocycles. The predicted octanol–water partition coefficient (Wildman–Crippen LogP) is 11.2. The van der Waals surface area contributed by atoms with Crippen LogP contribution in [0.5, 0.6) is 0 Å². The zero-order valence-corrected chi connectivity index (χ0v) is 26.4. The van der Waals surface area contributed by atoms with Crippen LogP contribution in [0.15, 0.2) is 175 Å². The molecule has 0 saturated carbocycles. The average molecular weight is 629 g/mol. The van der Waals surface area contributed by atoms with Gasteiger partial charge in [0.1, 0.15) is 11.3 Å². The molecule has 0 fully saturated rings. The largest absolute Gasteiger partial charge is 0.456 e. The van der Waals surface area contributed by atoms with E-state index in [0.717, 1.165) is 55.7 Å². The van der Waals surface area contributed by atoms with Gasteiger partial charge in [-0.1, -0.05) is 140 Å². The number of rotatable bonds is 6. The lowest BCUT2D eigenvalue weighted by molar-refractivity contribution is 0.631. The molecule has 0 amide bonds. The Morgan fingerprint density at radius 1 is 0.388 bits per heavy atom. The molecule has 3 heterocycles. The number of aromatic nitrogens is 4. The summed E-state index contributed by atoms with van der Waals surface area (Å²) in [5, 5.41) is 3.52. The lowest BCUT2D eigenvalue weighted by Gasteiger charge is -2.11. The summed E-state index contributed by atoms with van der Waals surface area (Å²) in [5.41, 5.74) is 9.05. The van der Waals surface area contributed by atoms with E-state index in [0.29, 0.717) is 17.5 Å². The normalized spacial score (nSPS) is 11.3. The van der Waals surface area contributed by atoms with Gasteiger partial charge in [0.15, 0.2) is 17.5 Å². The molecule has 0 radical (unpaired) electrons. The first-order valence-corrected chi connectivity index (χ1v) is 16.2. The number of fused-ring (bicyclic) bond motifs is 2. The van der Waals surface area contributed by atoms with Gasteiger partial charge in [0.05, 0.1) is 0 Å². The third kappa shape index (κ3) is 5.53. The van der Waals surface area contributed by atoms with Gasteiger partial charge in [-0.25, -0.2) is 15.0 Å². The van der Waals surface area contributed by atoms with E-state index in [1.807, 2.05) is 42.6 Å². The lowest BCUT2D eigenvalue weighted by Crippen LogP contribution is -2.00. The van der Waals surface area contributed by atoms with Crippen LogP contribution in [0.25, 0.3) is 89.5 Å². The highest BCUT2D eigenvalue weighted by molar-refractivity contribution is 5.96. The Morgan fingerprint density at radius 2 is 0.939 bits per heavy atom. The Hall–Kier alpha value is -6.72. The zero-order chi connectivity index (χ0) is 32.6. The van der Waals surface area contributed by atoms with Gasteiger partial charge in [-0.3, -0.25) is 4.98 Å². The summed E-state index contributed by atoms with van der Waals surface area (Å²) in [6.07, 6.45) is 3.65. The number of hydrogen-bond acceptors (Lipinski definition) is 5. The highest BCUT2D eigenvalue weighted by Gasteiger charge is 2.14. The summed E-state index contributed by atoms with van der Waals surface area (Å²) in [7, 11) is 0. The average Bonchev–Trinajstić information content (AvgIpc) is 3.63. The number of para-hydroxylation sites is 1. The van der Waals surface area contributed by atoms with Crippen LogP contribution < -0.4 is 0 Å². The molecule has 0 aliphatic carbocycles. The molecule has 0 spiro atoms. The van der Waals surface area contributed by atoms with Gasteiger partial charge in [0.25, 0.3) is 0 Å². The summed E-state index contributed by atoms with van der Waals surface area (Å²) >= 11 is 0. The van der Waals surface area contributed by atoms with Gasteiger partial charge in [0, 0.05) is 40.0 Å². The van der Waals surface area contributed by atoms with Crippen LogP contribution in [0.2, 0.25) is 0 Å². The first kappa shape index (κ1) is 28.5. The van der Waals surface area contributed by atoms with Gasteiger partial charge < -0.3 is 4.42 Å². The number of benzene rings is 6. The molecule has 230 valence electrons. The summed E-state index contributed by atoms with van der Waals surface area (Å²) in [4.78, 5) is 19.2. The molecule has 0 aliphatic rings. The standard InChI is InChI=1S/C44H28N4O/c1-3-11-38-30(7-1)9-5-12-39(38)31-16-22-34(23-17-31)43-46-42(33-20-14-29(15-21-33)37-10-6-26-45-28-37)47-44(48-43)35-24-18-32(19-25-35)41-27-36-8-2-4-13-40(36)49-41/h1-28H. The van der Waals surface area contributed by atoms with Gasteiger partial charge in [0.2, 0.25) is 0 Å². The van der Waals surface area contributed by atoms with Gasteiger partial charge in [-0.15, -0.1) is 0 Å². The van der Waals surface area contributed by atoms with Crippen LogP contribution in [0.4, 0.5) is 0 Å². The summed E-state index contributed by atoms with van der Waals surface area (Å²) < 4.78 is 6.12. The smallest absolute Gasteiger partial charge is 0.164 e. The molecule has 0 N–H and O–H groups in total. The van der Waals surface area contributed by atoms with Crippen molar-refractivity contribution in [3.8, 4) is 67.7 Å². The van der Waals surface area contributed by atoms with Gasteiger partial charge >= 0.3 is 0 Å². The monoisotopic (exact) mass is 628 g/mol. The summed E-state index contributed by atoms with van der Waals surface area (Å²) in [5.74, 6) is 2.65. The van der Waals surface area contributed by atoms with Crippen LogP contribution in [0.1, 0.15) is 0 Å². The maximum atomic E-state index is 6.12. The highest BCUT2D eigenvalue weighted by atomic mass is 16.3. The molecule has 0 saturated heterocycles. The van der Waals surface area contributed by atoms with Crippen molar-refractivity contribution in [1.29, 1.82) is 0 Å². The van der Waals surface area contributed by atoms with E-state index in [2.05, 4.69) is 126 Å². The molecule has 5 nitrogen and oxygen atoms in total. The second-order valence-electron chi connectivity index (χ2n) is 12.0. The van der Waals surface area contributed by atoms with Crippen LogP contribution in [-0.2, 0) is 0 Å². The van der Waals surface area contributed by atoms with Crippen molar-refractivity contribution in [2.24, 2.45) is 0 Å². The predicted molar refractivity (Wildman–Crippen MR) is 198 cm³/mol. The van der Waals surface area contributed by atoms with E-state index in [-0.39, 0.29) is 0 Å². The minimum Gasteiger partial charge on any atom is -0.456 e. The molecule has 49 heavy (non-hydrogen) atoms. The van der Waals surface area contributed by atoms with Crippen molar-refractivity contribution in [2.75, 3.05) is 0 Å². The molecule has 0 aliphatic heterocycles. The van der Waals surface area contributed by atoms with Crippen molar-refractivity contribution in [3.63, 3.8) is 0 Å². The summed E-state index contributed by atoms with van der Waals surface area (Å²) in [6, 6.07) is 53.9. The van der Waals surface area contributed by atoms with Crippen LogP contribution in [0.3, 0.4) is 0 Å². The second-order valence-corrected chi connectivity index (χ2v) is 12.0. The lowest BCUT2D eigenvalue weighted by atomic mass is 9.97. The quantitative estimate of drug-likeness (QED) is 0.183. The van der Waals surface area contributed by atoms with Crippen LogP contribution >= 0.6 is 0 Å². The molecule has 0 bridgehead atoms. The first-order chi connectivity index (χ1) is 24.2. The van der Waals surface area contributed by atoms with Crippen molar-refractivity contribution < 1.29 is 4.42 Å². The number of nitrogens with zero attached hydrogens (tertiary/aromatic N) is 4. The van der Waals surface area contributed by atoms with E-state index in [1.165, 1.54) is 16.3 Å². The molecule has 9 aromatic rings. The van der Waals surface area contributed by atoms with Gasteiger partial charge in [-0.2, -0.15) is 0 Å². The van der Waals surface area contributed by atoms with Crippen molar-refractivity contribution in [1.82, 2.24) is 19.9 Å². The Labute approximate surface area is 283 Å². The maximum Gasteiger partial charge on any atom is 0.164 e. The van der Waals surface area contributed by atoms with Crippen molar-refractivity contribution in [3.05, 3.63) is 170 Å². The van der Waals surface area contributed by atoms with E-state index in [9.17, 15) is 0 Å². The number of pyridine rings is 1. The Balaban J connectivity index is 1.11. The highest BCUT2D eigenvalue weighted by Crippen LogP contribution is 2.33. The van der Waals surface area contributed by atoms with E-state index in [1.54, 1.807) is 6.20 Å². The third-order valence-electron chi connectivity index (χ3n) is 8.87. The van der Waals surface area contributed by atoms with Gasteiger partial charge in [-0.05, 0) is 51.2 Å². The van der Waals surface area contributed by atoms with E-state index < -0.39 is 0 Å². The molecule has 9 rings (SSSR count). The fraction of sp³-hybridized carbons (Fsp3) is 0. The minimum absolute atomic E-state index is 0.602. The third-order valence-corrected chi connectivity index (χ3v) is 8.87. The number of hydrogen-bond donors (Lipinski definition) is 0.